The van der Waals surface area contributed by atoms with Crippen LogP contribution in [0.1, 0.15) is 19.8 Å². The fraction of sp³-hybridized carbons (Fsp3) is 0.562. The molecule has 0 aliphatic carbocycles. The zero-order chi connectivity index (χ0) is 15.5. The van der Waals surface area contributed by atoms with Crippen molar-refractivity contribution >= 4 is 5.91 Å². The monoisotopic (exact) mass is 294 g/mol. The minimum absolute atomic E-state index is 0.0342. The summed E-state index contributed by atoms with van der Waals surface area (Å²) >= 11 is 0. The highest BCUT2D eigenvalue weighted by molar-refractivity contribution is 5.77. The van der Waals surface area contributed by atoms with E-state index in [1.54, 1.807) is 7.11 Å². The summed E-state index contributed by atoms with van der Waals surface area (Å²) in [6.45, 7) is 4.49. The Hall–Kier alpha value is -1.75. The summed E-state index contributed by atoms with van der Waals surface area (Å²) in [7, 11) is 3.59. The molecule has 1 aromatic rings. The molecular formula is C16H26N2O3. The van der Waals surface area contributed by atoms with Gasteiger partial charge in [0.25, 0.3) is 0 Å². The van der Waals surface area contributed by atoms with Crippen molar-refractivity contribution in [1.82, 2.24) is 10.2 Å². The van der Waals surface area contributed by atoms with Crippen molar-refractivity contribution in [2.45, 2.75) is 19.8 Å². The summed E-state index contributed by atoms with van der Waals surface area (Å²) in [5.74, 6) is 1.60. The Labute approximate surface area is 127 Å². The highest BCUT2D eigenvalue weighted by atomic mass is 16.5. The number of unbranched alkanes of at least 4 members (excludes halogenated alkanes) is 1. The average molecular weight is 294 g/mol. The molecule has 0 fully saturated rings. The molecule has 0 bridgehead atoms. The third kappa shape index (κ3) is 7.56. The van der Waals surface area contributed by atoms with Crippen LogP contribution in [0.2, 0.25) is 0 Å². The van der Waals surface area contributed by atoms with Crippen molar-refractivity contribution < 1.29 is 14.3 Å². The van der Waals surface area contributed by atoms with Crippen molar-refractivity contribution in [1.29, 1.82) is 0 Å². The van der Waals surface area contributed by atoms with Gasteiger partial charge in [0.2, 0.25) is 5.91 Å². The summed E-state index contributed by atoms with van der Waals surface area (Å²) in [6, 6.07) is 7.38. The zero-order valence-corrected chi connectivity index (χ0v) is 13.2. The molecule has 5 nitrogen and oxygen atoms in total. The molecule has 5 heteroatoms. The van der Waals surface area contributed by atoms with E-state index in [-0.39, 0.29) is 5.91 Å². The molecule has 0 unspecified atom stereocenters. The lowest BCUT2D eigenvalue weighted by Gasteiger charge is -2.15. The standard InChI is InChI=1S/C16H26N2O3/c1-4-5-11-18(2)13-16(19)17-10-12-21-15-8-6-14(20-3)7-9-15/h6-9H,4-5,10-13H2,1-3H3,(H,17,19). The smallest absolute Gasteiger partial charge is 0.234 e. The minimum Gasteiger partial charge on any atom is -0.497 e. The molecular weight excluding hydrogens is 268 g/mol. The lowest BCUT2D eigenvalue weighted by atomic mass is 10.3. The van der Waals surface area contributed by atoms with Gasteiger partial charge in [-0.3, -0.25) is 9.69 Å². The molecule has 1 N–H and O–H groups in total. The van der Waals surface area contributed by atoms with Gasteiger partial charge in [0, 0.05) is 0 Å². The van der Waals surface area contributed by atoms with Gasteiger partial charge in [-0.05, 0) is 44.3 Å². The summed E-state index contributed by atoms with van der Waals surface area (Å²) in [4.78, 5) is 13.7. The maximum atomic E-state index is 11.7. The van der Waals surface area contributed by atoms with Gasteiger partial charge in [0.15, 0.2) is 0 Å². The molecule has 0 atom stereocenters. The van der Waals surface area contributed by atoms with Gasteiger partial charge in [-0.2, -0.15) is 0 Å². The van der Waals surface area contributed by atoms with Gasteiger partial charge in [-0.1, -0.05) is 13.3 Å². The Balaban J connectivity index is 2.13. The Morgan fingerprint density at radius 2 is 1.90 bits per heavy atom. The molecule has 0 spiro atoms. The van der Waals surface area contributed by atoms with Crippen LogP contribution >= 0.6 is 0 Å². The van der Waals surface area contributed by atoms with Gasteiger partial charge >= 0.3 is 0 Å². The Bertz CT molecular complexity index is 406. The minimum atomic E-state index is 0.0342. The van der Waals surface area contributed by atoms with E-state index in [0.29, 0.717) is 19.7 Å². The predicted molar refractivity (Wildman–Crippen MR) is 83.9 cm³/mol. The first kappa shape index (κ1) is 17.3. The van der Waals surface area contributed by atoms with Crippen molar-refractivity contribution in [3.05, 3.63) is 24.3 Å². The van der Waals surface area contributed by atoms with Crippen LogP contribution in [-0.2, 0) is 4.79 Å². The fourth-order valence-corrected chi connectivity index (χ4v) is 1.84. The van der Waals surface area contributed by atoms with Crippen molar-refractivity contribution in [3.8, 4) is 11.5 Å². The maximum absolute atomic E-state index is 11.7. The molecule has 1 aromatic carbocycles. The van der Waals surface area contributed by atoms with Crippen LogP contribution in [0.25, 0.3) is 0 Å². The fourth-order valence-electron chi connectivity index (χ4n) is 1.84. The van der Waals surface area contributed by atoms with E-state index in [9.17, 15) is 4.79 Å². The molecule has 0 aliphatic heterocycles. The summed E-state index contributed by atoms with van der Waals surface area (Å²) in [5, 5.41) is 2.85. The lowest BCUT2D eigenvalue weighted by molar-refractivity contribution is -0.122. The second kappa shape index (κ2) is 10.0. The number of ether oxygens (including phenoxy) is 2. The second-order valence-electron chi connectivity index (χ2n) is 4.97. The molecule has 21 heavy (non-hydrogen) atoms. The Morgan fingerprint density at radius 1 is 1.24 bits per heavy atom. The van der Waals surface area contributed by atoms with E-state index in [0.717, 1.165) is 30.9 Å². The number of hydrogen-bond donors (Lipinski definition) is 1. The molecule has 0 radical (unpaired) electrons. The SMILES string of the molecule is CCCCN(C)CC(=O)NCCOc1ccc(OC)cc1. The largest absolute Gasteiger partial charge is 0.497 e. The quantitative estimate of drug-likeness (QED) is 0.670. The van der Waals surface area contributed by atoms with Gasteiger partial charge < -0.3 is 14.8 Å². The van der Waals surface area contributed by atoms with Crippen LogP contribution in [0.3, 0.4) is 0 Å². The van der Waals surface area contributed by atoms with Crippen molar-refractivity contribution in [3.63, 3.8) is 0 Å². The Morgan fingerprint density at radius 3 is 2.52 bits per heavy atom. The molecule has 0 heterocycles. The number of methoxy groups -OCH3 is 1. The number of hydrogen-bond acceptors (Lipinski definition) is 4. The summed E-state index contributed by atoms with van der Waals surface area (Å²) in [5.41, 5.74) is 0. The molecule has 0 saturated carbocycles. The maximum Gasteiger partial charge on any atom is 0.234 e. The molecule has 118 valence electrons. The number of amides is 1. The third-order valence-corrected chi connectivity index (χ3v) is 3.06. The number of likely N-dealkylation sites (N-methyl/N-ethyl adjacent to an activating group) is 1. The van der Waals surface area contributed by atoms with Crippen LogP contribution < -0.4 is 14.8 Å². The highest BCUT2D eigenvalue weighted by Crippen LogP contribution is 2.16. The Kier molecular flexibility index (Phi) is 8.28. The number of carbonyl (C=O) groups is 1. The van der Waals surface area contributed by atoms with E-state index < -0.39 is 0 Å². The third-order valence-electron chi connectivity index (χ3n) is 3.06. The second-order valence-corrected chi connectivity index (χ2v) is 4.97. The first-order chi connectivity index (χ1) is 10.2. The number of carbonyl (C=O) groups excluding carboxylic acids is 1. The molecule has 1 rings (SSSR count). The lowest BCUT2D eigenvalue weighted by Crippen LogP contribution is -2.37. The predicted octanol–water partition coefficient (Wildman–Crippen LogP) is 1.92. The van der Waals surface area contributed by atoms with Crippen LogP contribution in [0.4, 0.5) is 0 Å². The normalized spacial score (nSPS) is 10.5. The summed E-state index contributed by atoms with van der Waals surface area (Å²) < 4.78 is 10.6. The number of nitrogens with zero attached hydrogens (tertiary/aromatic N) is 1. The van der Waals surface area contributed by atoms with Crippen molar-refractivity contribution in [2.75, 3.05) is 40.4 Å². The van der Waals surface area contributed by atoms with E-state index in [4.69, 9.17) is 9.47 Å². The van der Waals surface area contributed by atoms with Gasteiger partial charge in [0.05, 0.1) is 20.2 Å². The summed E-state index contributed by atoms with van der Waals surface area (Å²) in [6.07, 6.45) is 2.26. The van der Waals surface area contributed by atoms with Gasteiger partial charge in [-0.15, -0.1) is 0 Å². The first-order valence-electron chi connectivity index (χ1n) is 7.37. The topological polar surface area (TPSA) is 50.8 Å². The van der Waals surface area contributed by atoms with Crippen LogP contribution in [0.15, 0.2) is 24.3 Å². The van der Waals surface area contributed by atoms with E-state index >= 15 is 0 Å². The molecule has 0 aliphatic rings. The average Bonchev–Trinajstić information content (AvgIpc) is 2.50. The molecule has 1 amide bonds. The van der Waals surface area contributed by atoms with E-state index in [2.05, 4.69) is 12.2 Å². The number of rotatable bonds is 10. The van der Waals surface area contributed by atoms with Gasteiger partial charge in [-0.25, -0.2) is 0 Å². The van der Waals surface area contributed by atoms with E-state index in [1.165, 1.54) is 0 Å². The van der Waals surface area contributed by atoms with Crippen LogP contribution in [-0.4, -0.2) is 51.2 Å². The van der Waals surface area contributed by atoms with Gasteiger partial charge in [0.1, 0.15) is 18.1 Å². The van der Waals surface area contributed by atoms with E-state index in [1.807, 2.05) is 36.2 Å². The first-order valence-corrected chi connectivity index (χ1v) is 7.37. The zero-order valence-electron chi connectivity index (χ0n) is 13.2. The van der Waals surface area contributed by atoms with Crippen LogP contribution in [0, 0.1) is 0 Å². The van der Waals surface area contributed by atoms with Crippen molar-refractivity contribution in [2.24, 2.45) is 0 Å². The number of benzene rings is 1. The molecule has 0 aromatic heterocycles. The molecule has 0 saturated heterocycles. The highest BCUT2D eigenvalue weighted by Gasteiger charge is 2.05. The number of nitrogens with one attached hydrogen (secondary N) is 1. The van der Waals surface area contributed by atoms with Crippen LogP contribution in [0.5, 0.6) is 11.5 Å².